The van der Waals surface area contributed by atoms with E-state index in [1.54, 1.807) is 18.7 Å². The van der Waals surface area contributed by atoms with Crippen LogP contribution in [-0.2, 0) is 14.2 Å². The molecule has 0 bridgehead atoms. The fourth-order valence-electron chi connectivity index (χ4n) is 3.84. The third-order valence-electron chi connectivity index (χ3n) is 5.00. The Balaban J connectivity index is 0.000000220. The van der Waals surface area contributed by atoms with Gasteiger partial charge in [-0.3, -0.25) is 4.99 Å². The van der Waals surface area contributed by atoms with Gasteiger partial charge in [-0.05, 0) is 37.5 Å². The van der Waals surface area contributed by atoms with Crippen molar-refractivity contribution in [3.05, 3.63) is 24.6 Å². The summed E-state index contributed by atoms with van der Waals surface area (Å²) in [7, 11) is 0. The second kappa shape index (κ2) is 8.45. The molecule has 2 fully saturated rings. The highest BCUT2D eigenvalue weighted by atomic mass is 79.9. The van der Waals surface area contributed by atoms with Gasteiger partial charge in [0.15, 0.2) is 5.79 Å². The Kier molecular flexibility index (Phi) is 6.31. The van der Waals surface area contributed by atoms with Crippen molar-refractivity contribution in [1.82, 2.24) is 0 Å². The minimum atomic E-state index is -0.247. The standard InChI is InChI=1S/C14H21BrO2.C4H5NO/c15-13-10-14(16-8-9-17-14)7-6-12(13)11-4-2-1-3-5-11;1-3-6-4-2-5-1/h2,4,11-13H,1,3,5-10H2;1-3H,4H2. The smallest absolute Gasteiger partial charge is 0.169 e. The molecule has 2 aliphatic carbocycles. The van der Waals surface area contributed by atoms with E-state index in [2.05, 4.69) is 33.1 Å². The monoisotopic (exact) mass is 383 g/mol. The molecule has 4 nitrogen and oxygen atoms in total. The average molecular weight is 384 g/mol. The SMILES string of the molecule is BrC1CC2(CCC1C1C=CCCC1)OCCO2.C1=COCC=N1. The summed E-state index contributed by atoms with van der Waals surface area (Å²) in [5, 5.41) is 0. The molecule has 0 N–H and O–H groups in total. The predicted octanol–water partition coefficient (Wildman–Crippen LogP) is 4.21. The van der Waals surface area contributed by atoms with E-state index in [1.807, 2.05) is 0 Å². The van der Waals surface area contributed by atoms with Gasteiger partial charge >= 0.3 is 0 Å². The number of ether oxygens (including phenoxy) is 3. The molecule has 0 amide bonds. The van der Waals surface area contributed by atoms with E-state index in [0.717, 1.165) is 37.9 Å². The highest BCUT2D eigenvalue weighted by Gasteiger charge is 2.45. The molecule has 0 aromatic heterocycles. The Morgan fingerprint density at radius 2 is 2.04 bits per heavy atom. The summed E-state index contributed by atoms with van der Waals surface area (Å²) in [6.07, 6.45) is 17.0. The van der Waals surface area contributed by atoms with Gasteiger partial charge in [-0.2, -0.15) is 0 Å². The van der Waals surface area contributed by atoms with Crippen LogP contribution in [0.1, 0.15) is 38.5 Å². The molecule has 2 aliphatic heterocycles. The number of hydrogen-bond donors (Lipinski definition) is 0. The highest BCUT2D eigenvalue weighted by molar-refractivity contribution is 9.09. The maximum absolute atomic E-state index is 5.82. The van der Waals surface area contributed by atoms with Crippen LogP contribution in [0.3, 0.4) is 0 Å². The highest BCUT2D eigenvalue weighted by Crippen LogP contribution is 2.45. The van der Waals surface area contributed by atoms with Crippen molar-refractivity contribution >= 4 is 22.1 Å². The van der Waals surface area contributed by atoms with Crippen LogP contribution in [0.2, 0.25) is 0 Å². The van der Waals surface area contributed by atoms with Crippen molar-refractivity contribution in [2.75, 3.05) is 19.8 Å². The van der Waals surface area contributed by atoms with Crippen molar-refractivity contribution in [3.63, 3.8) is 0 Å². The Hall–Kier alpha value is -0.650. The lowest BCUT2D eigenvalue weighted by Gasteiger charge is -2.41. The second-order valence-corrected chi connectivity index (χ2v) is 7.68. The number of allylic oxidation sites excluding steroid dienone is 2. The van der Waals surface area contributed by atoms with E-state index >= 15 is 0 Å². The molecule has 1 saturated heterocycles. The first-order valence-corrected chi connectivity index (χ1v) is 9.58. The summed E-state index contributed by atoms with van der Waals surface area (Å²) >= 11 is 3.88. The zero-order valence-corrected chi connectivity index (χ0v) is 15.1. The Morgan fingerprint density at radius 1 is 1.17 bits per heavy atom. The lowest BCUT2D eigenvalue weighted by Crippen LogP contribution is -2.42. The molecule has 2 heterocycles. The van der Waals surface area contributed by atoms with E-state index < -0.39 is 0 Å². The Labute approximate surface area is 147 Å². The first-order chi connectivity index (χ1) is 11.3. The molecule has 1 saturated carbocycles. The normalized spacial score (nSPS) is 34.7. The third-order valence-corrected chi connectivity index (χ3v) is 6.01. The second-order valence-electron chi connectivity index (χ2n) is 6.50. The number of halogens is 1. The molecule has 3 unspecified atom stereocenters. The summed E-state index contributed by atoms with van der Waals surface area (Å²) < 4.78 is 16.4. The van der Waals surface area contributed by atoms with Gasteiger partial charge in [0.1, 0.15) is 12.9 Å². The number of aliphatic imine (C=N–C) groups is 1. The van der Waals surface area contributed by atoms with Gasteiger partial charge in [-0.25, -0.2) is 0 Å². The van der Waals surface area contributed by atoms with Crippen LogP contribution in [0.5, 0.6) is 0 Å². The summed E-state index contributed by atoms with van der Waals surface area (Å²) in [6.45, 7) is 2.16. The van der Waals surface area contributed by atoms with Crippen LogP contribution >= 0.6 is 15.9 Å². The number of hydrogen-bond acceptors (Lipinski definition) is 4. The molecule has 0 aromatic rings. The Bertz CT molecular complexity index is 445. The van der Waals surface area contributed by atoms with Gasteiger partial charge in [0.05, 0.1) is 19.4 Å². The van der Waals surface area contributed by atoms with Gasteiger partial charge in [0.25, 0.3) is 0 Å². The molecule has 0 aromatic carbocycles. The maximum Gasteiger partial charge on any atom is 0.169 e. The summed E-state index contributed by atoms with van der Waals surface area (Å²) in [4.78, 5) is 4.29. The molecule has 0 radical (unpaired) electrons. The molecule has 23 heavy (non-hydrogen) atoms. The zero-order valence-electron chi connectivity index (χ0n) is 13.5. The minimum absolute atomic E-state index is 0.247. The predicted molar refractivity (Wildman–Crippen MR) is 94.8 cm³/mol. The molecule has 1 spiro atoms. The quantitative estimate of drug-likeness (QED) is 0.502. The van der Waals surface area contributed by atoms with Crippen molar-refractivity contribution in [2.45, 2.75) is 49.1 Å². The van der Waals surface area contributed by atoms with Crippen molar-refractivity contribution in [2.24, 2.45) is 16.8 Å². The number of alkyl halides is 1. The molecule has 4 aliphatic rings. The first kappa shape index (κ1) is 17.2. The Morgan fingerprint density at radius 3 is 2.57 bits per heavy atom. The third kappa shape index (κ3) is 4.68. The molecule has 4 rings (SSSR count). The first-order valence-electron chi connectivity index (χ1n) is 8.66. The molecule has 128 valence electrons. The zero-order chi connectivity index (χ0) is 16.0. The van der Waals surface area contributed by atoms with Gasteiger partial charge in [0, 0.05) is 23.9 Å². The average Bonchev–Trinajstić information content (AvgIpc) is 3.06. The van der Waals surface area contributed by atoms with E-state index in [1.165, 1.54) is 25.7 Å². The minimum Gasteiger partial charge on any atom is -0.494 e. The molecular weight excluding hydrogens is 358 g/mol. The van der Waals surface area contributed by atoms with Crippen LogP contribution in [-0.4, -0.2) is 36.6 Å². The summed E-state index contributed by atoms with van der Waals surface area (Å²) in [5.41, 5.74) is 0. The van der Waals surface area contributed by atoms with Gasteiger partial charge in [0.2, 0.25) is 0 Å². The van der Waals surface area contributed by atoms with Crippen LogP contribution in [0.25, 0.3) is 0 Å². The fourth-order valence-corrected chi connectivity index (χ4v) is 4.99. The topological polar surface area (TPSA) is 40.0 Å². The van der Waals surface area contributed by atoms with Gasteiger partial charge in [-0.1, -0.05) is 28.1 Å². The molecule has 5 heteroatoms. The maximum atomic E-state index is 5.82. The van der Waals surface area contributed by atoms with Crippen molar-refractivity contribution < 1.29 is 14.2 Å². The fraction of sp³-hybridized carbons (Fsp3) is 0.722. The van der Waals surface area contributed by atoms with E-state index in [4.69, 9.17) is 14.2 Å². The lowest BCUT2D eigenvalue weighted by molar-refractivity contribution is -0.182. The van der Waals surface area contributed by atoms with E-state index in [0.29, 0.717) is 11.4 Å². The summed E-state index contributed by atoms with van der Waals surface area (Å²) in [6, 6.07) is 0. The van der Waals surface area contributed by atoms with Crippen LogP contribution in [0, 0.1) is 11.8 Å². The van der Waals surface area contributed by atoms with Gasteiger partial charge < -0.3 is 14.2 Å². The molecule has 3 atom stereocenters. The van der Waals surface area contributed by atoms with Crippen LogP contribution < -0.4 is 0 Å². The van der Waals surface area contributed by atoms with Crippen LogP contribution in [0.15, 0.2) is 29.6 Å². The summed E-state index contributed by atoms with van der Waals surface area (Å²) in [5.74, 6) is 1.29. The number of rotatable bonds is 1. The van der Waals surface area contributed by atoms with E-state index in [-0.39, 0.29) is 5.79 Å². The largest absolute Gasteiger partial charge is 0.494 e. The van der Waals surface area contributed by atoms with Crippen molar-refractivity contribution in [3.8, 4) is 0 Å². The van der Waals surface area contributed by atoms with E-state index in [9.17, 15) is 0 Å². The van der Waals surface area contributed by atoms with Crippen molar-refractivity contribution in [1.29, 1.82) is 0 Å². The molecular formula is C18H26BrNO3. The van der Waals surface area contributed by atoms with Gasteiger partial charge in [-0.15, -0.1) is 0 Å². The van der Waals surface area contributed by atoms with Crippen LogP contribution in [0.4, 0.5) is 0 Å². The number of nitrogens with zero attached hydrogens (tertiary/aromatic N) is 1. The lowest BCUT2D eigenvalue weighted by atomic mass is 9.74.